The Balaban J connectivity index is 1.77. The van der Waals surface area contributed by atoms with Gasteiger partial charge in [-0.15, -0.1) is 0 Å². The van der Waals surface area contributed by atoms with Crippen molar-refractivity contribution >= 4 is 15.7 Å². The maximum Gasteiger partial charge on any atom is 0.238 e. The minimum atomic E-state index is -3.70. The Hall–Kier alpha value is -1.37. The van der Waals surface area contributed by atoms with Gasteiger partial charge in [-0.25, -0.2) is 13.4 Å². The van der Waals surface area contributed by atoms with Crippen LogP contribution in [0.15, 0.2) is 17.6 Å². The minimum absolute atomic E-state index is 0.108. The second kappa shape index (κ2) is 7.68. The van der Waals surface area contributed by atoms with Gasteiger partial charge in [0.15, 0.2) is 0 Å². The number of carbonyl (C=O) groups excluding carboxylic acids is 1. The first kappa shape index (κ1) is 17.5. The van der Waals surface area contributed by atoms with E-state index < -0.39 is 15.6 Å². The number of nitrogens with zero attached hydrogens (tertiary/aromatic N) is 2. The molecule has 2 aliphatic rings. The van der Waals surface area contributed by atoms with Crippen LogP contribution >= 0.6 is 0 Å². The Kier molecular flexibility index (Phi) is 5.58. The molecule has 1 aromatic heterocycles. The van der Waals surface area contributed by atoms with E-state index in [1.165, 1.54) is 25.2 Å². The molecule has 134 valence electrons. The molecule has 1 amide bonds. The molecular weight excluding hydrogens is 326 g/mol. The van der Waals surface area contributed by atoms with Gasteiger partial charge in [0.25, 0.3) is 0 Å². The van der Waals surface area contributed by atoms with E-state index in [1.807, 2.05) is 4.90 Å². The van der Waals surface area contributed by atoms with Crippen LogP contribution < -0.4 is 0 Å². The summed E-state index contributed by atoms with van der Waals surface area (Å²) in [6.45, 7) is 0. The molecule has 1 heterocycles. The van der Waals surface area contributed by atoms with Crippen molar-refractivity contribution in [3.8, 4) is 0 Å². The first-order chi connectivity index (χ1) is 11.6. The smallest absolute Gasteiger partial charge is 0.238 e. The first-order valence-electron chi connectivity index (χ1n) is 9.11. The van der Waals surface area contributed by atoms with Crippen LogP contribution in [0.5, 0.6) is 0 Å². The van der Waals surface area contributed by atoms with E-state index in [1.54, 1.807) is 0 Å². The lowest BCUT2D eigenvalue weighted by molar-refractivity contribution is -0.135. The van der Waals surface area contributed by atoms with E-state index in [2.05, 4.69) is 9.97 Å². The van der Waals surface area contributed by atoms with E-state index in [-0.39, 0.29) is 23.1 Å². The fourth-order valence-corrected chi connectivity index (χ4v) is 5.23. The SMILES string of the molecule is O=C(CS(=O)(=O)c1ncc[nH]1)N(C1CCCCC1)C1CCCCC1. The topological polar surface area (TPSA) is 83.1 Å². The van der Waals surface area contributed by atoms with E-state index in [9.17, 15) is 13.2 Å². The molecule has 2 aliphatic carbocycles. The average molecular weight is 353 g/mol. The van der Waals surface area contributed by atoms with Crippen molar-refractivity contribution in [3.05, 3.63) is 12.4 Å². The molecule has 0 aromatic carbocycles. The van der Waals surface area contributed by atoms with Gasteiger partial charge in [0, 0.05) is 24.5 Å². The predicted octanol–water partition coefficient (Wildman–Crippen LogP) is 2.68. The second-order valence-electron chi connectivity index (χ2n) is 7.04. The number of aromatic amines is 1. The van der Waals surface area contributed by atoms with Gasteiger partial charge in [0.2, 0.25) is 20.9 Å². The summed E-state index contributed by atoms with van der Waals surface area (Å²) in [5, 5.41) is -0.108. The van der Waals surface area contributed by atoms with Crippen molar-refractivity contribution < 1.29 is 13.2 Å². The Bertz CT molecular complexity index is 612. The molecule has 7 heteroatoms. The fraction of sp³-hybridized carbons (Fsp3) is 0.765. The summed E-state index contributed by atoms with van der Waals surface area (Å²) in [6.07, 6.45) is 13.8. The van der Waals surface area contributed by atoms with Crippen LogP contribution in [-0.2, 0) is 14.6 Å². The van der Waals surface area contributed by atoms with Crippen LogP contribution in [0.4, 0.5) is 0 Å². The number of carbonyl (C=O) groups is 1. The summed E-state index contributed by atoms with van der Waals surface area (Å²) >= 11 is 0. The Morgan fingerprint density at radius 2 is 1.58 bits per heavy atom. The number of aromatic nitrogens is 2. The summed E-state index contributed by atoms with van der Waals surface area (Å²) in [5.74, 6) is -0.724. The van der Waals surface area contributed by atoms with Gasteiger partial charge >= 0.3 is 0 Å². The van der Waals surface area contributed by atoms with Gasteiger partial charge in [-0.1, -0.05) is 38.5 Å². The second-order valence-corrected chi connectivity index (χ2v) is 8.94. The predicted molar refractivity (Wildman–Crippen MR) is 91.2 cm³/mol. The van der Waals surface area contributed by atoms with E-state index in [0.29, 0.717) is 0 Å². The van der Waals surface area contributed by atoms with Crippen molar-refractivity contribution in [3.63, 3.8) is 0 Å². The summed E-state index contributed by atoms with van der Waals surface area (Å²) in [4.78, 5) is 21.3. The highest BCUT2D eigenvalue weighted by molar-refractivity contribution is 7.91. The molecule has 0 bridgehead atoms. The van der Waals surface area contributed by atoms with E-state index in [0.717, 1.165) is 51.4 Å². The number of hydrogen-bond acceptors (Lipinski definition) is 4. The van der Waals surface area contributed by atoms with Crippen LogP contribution in [0, 0.1) is 0 Å². The molecule has 2 fully saturated rings. The average Bonchev–Trinajstić information content (AvgIpc) is 3.12. The van der Waals surface area contributed by atoms with Crippen LogP contribution in [0.2, 0.25) is 0 Å². The standard InChI is InChI=1S/C17H27N3O3S/c21-16(13-24(22,23)17-18-11-12-19-17)20(14-7-3-1-4-8-14)15-9-5-2-6-10-15/h11-12,14-15H,1-10,13H2,(H,18,19). The third-order valence-corrected chi connectivity index (χ3v) is 6.74. The van der Waals surface area contributed by atoms with Gasteiger partial charge in [0.1, 0.15) is 5.75 Å². The van der Waals surface area contributed by atoms with Gasteiger partial charge in [-0.2, -0.15) is 0 Å². The summed E-state index contributed by atoms with van der Waals surface area (Å²) in [7, 11) is -3.70. The Morgan fingerprint density at radius 1 is 1.04 bits per heavy atom. The fourth-order valence-electron chi connectivity index (χ4n) is 4.15. The molecule has 24 heavy (non-hydrogen) atoms. The van der Waals surface area contributed by atoms with Gasteiger partial charge in [-0.3, -0.25) is 4.79 Å². The molecule has 1 aromatic rings. The first-order valence-corrected chi connectivity index (χ1v) is 10.8. The number of imidazole rings is 1. The zero-order chi connectivity index (χ0) is 17.0. The molecule has 0 spiro atoms. The Morgan fingerprint density at radius 3 is 2.04 bits per heavy atom. The Labute approximate surface area is 144 Å². The lowest BCUT2D eigenvalue weighted by Crippen LogP contribution is -2.50. The zero-order valence-electron chi connectivity index (χ0n) is 14.1. The quantitative estimate of drug-likeness (QED) is 0.882. The molecule has 0 saturated heterocycles. The highest BCUT2D eigenvalue weighted by Crippen LogP contribution is 2.30. The van der Waals surface area contributed by atoms with Gasteiger partial charge in [0.05, 0.1) is 0 Å². The van der Waals surface area contributed by atoms with Crippen LogP contribution in [0.1, 0.15) is 64.2 Å². The normalized spacial score (nSPS) is 20.8. The third kappa shape index (κ3) is 3.99. The minimum Gasteiger partial charge on any atom is -0.336 e. The maximum atomic E-state index is 13.0. The largest absolute Gasteiger partial charge is 0.336 e. The zero-order valence-corrected chi connectivity index (χ0v) is 14.9. The van der Waals surface area contributed by atoms with Crippen LogP contribution in [0.25, 0.3) is 0 Å². The van der Waals surface area contributed by atoms with Gasteiger partial charge in [-0.05, 0) is 25.7 Å². The highest BCUT2D eigenvalue weighted by atomic mass is 32.2. The van der Waals surface area contributed by atoms with Crippen molar-refractivity contribution in [1.29, 1.82) is 0 Å². The monoisotopic (exact) mass is 353 g/mol. The highest BCUT2D eigenvalue weighted by Gasteiger charge is 2.35. The number of hydrogen-bond donors (Lipinski definition) is 1. The molecule has 6 nitrogen and oxygen atoms in total. The molecule has 0 unspecified atom stereocenters. The number of nitrogens with one attached hydrogen (secondary N) is 1. The molecular formula is C17H27N3O3S. The van der Waals surface area contributed by atoms with Crippen molar-refractivity contribution in [1.82, 2.24) is 14.9 Å². The molecule has 0 atom stereocenters. The van der Waals surface area contributed by atoms with Gasteiger partial charge < -0.3 is 9.88 Å². The lowest BCUT2D eigenvalue weighted by atomic mass is 9.88. The maximum absolute atomic E-state index is 13.0. The van der Waals surface area contributed by atoms with Crippen LogP contribution in [-0.4, -0.2) is 47.0 Å². The number of rotatable bonds is 5. The number of sulfone groups is 1. The van der Waals surface area contributed by atoms with E-state index in [4.69, 9.17) is 0 Å². The molecule has 1 N–H and O–H groups in total. The molecule has 0 radical (unpaired) electrons. The van der Waals surface area contributed by atoms with Crippen LogP contribution in [0.3, 0.4) is 0 Å². The third-order valence-electron chi connectivity index (χ3n) is 5.31. The van der Waals surface area contributed by atoms with Crippen molar-refractivity contribution in [2.24, 2.45) is 0 Å². The number of H-pyrrole nitrogens is 1. The summed E-state index contributed by atoms with van der Waals surface area (Å²) in [5.41, 5.74) is 0. The lowest BCUT2D eigenvalue weighted by Gasteiger charge is -2.41. The number of amides is 1. The van der Waals surface area contributed by atoms with Crippen molar-refractivity contribution in [2.45, 2.75) is 81.4 Å². The summed E-state index contributed by atoms with van der Waals surface area (Å²) < 4.78 is 24.9. The molecule has 3 rings (SSSR count). The summed E-state index contributed by atoms with van der Waals surface area (Å²) in [6, 6.07) is 0.419. The van der Waals surface area contributed by atoms with Crippen molar-refractivity contribution in [2.75, 3.05) is 5.75 Å². The van der Waals surface area contributed by atoms with E-state index >= 15 is 0 Å². The molecule has 0 aliphatic heterocycles. The molecule has 2 saturated carbocycles.